The summed E-state index contributed by atoms with van der Waals surface area (Å²) in [5, 5.41) is 2.61. The van der Waals surface area contributed by atoms with E-state index in [1.54, 1.807) is 13.8 Å². The Balaban J connectivity index is 2.15. The zero-order valence-corrected chi connectivity index (χ0v) is 10.1. The molecule has 1 aliphatic rings. The van der Waals surface area contributed by atoms with Gasteiger partial charge >= 0.3 is 0 Å². The van der Waals surface area contributed by atoms with E-state index in [2.05, 4.69) is 15.3 Å². The highest BCUT2D eigenvalue weighted by Gasteiger charge is 2.40. The summed E-state index contributed by atoms with van der Waals surface area (Å²) < 4.78 is 13.3. The van der Waals surface area contributed by atoms with Gasteiger partial charge in [0.15, 0.2) is 5.82 Å². The van der Waals surface area contributed by atoms with Crippen molar-refractivity contribution >= 4 is 17.6 Å². The van der Waals surface area contributed by atoms with Crippen LogP contribution in [0.15, 0.2) is 12.4 Å². The monoisotopic (exact) mass is 252 g/mol. The Morgan fingerprint density at radius 1 is 1.39 bits per heavy atom. The number of hydrogen-bond acceptors (Lipinski definition) is 5. The van der Waals surface area contributed by atoms with Crippen LogP contribution in [0, 0.1) is 5.95 Å². The lowest BCUT2D eigenvalue weighted by molar-refractivity contribution is -0.140. The van der Waals surface area contributed by atoms with Gasteiger partial charge < -0.3 is 5.32 Å². The van der Waals surface area contributed by atoms with E-state index < -0.39 is 12.0 Å². The first kappa shape index (κ1) is 12.4. The third-order valence-electron chi connectivity index (χ3n) is 2.66. The predicted molar refractivity (Wildman–Crippen MR) is 61.0 cm³/mol. The molecular weight excluding hydrogens is 239 g/mol. The summed E-state index contributed by atoms with van der Waals surface area (Å²) in [5.41, 5.74) is 0. The van der Waals surface area contributed by atoms with Crippen molar-refractivity contribution in [3.63, 3.8) is 0 Å². The summed E-state index contributed by atoms with van der Waals surface area (Å²) in [7, 11) is 0. The number of carbonyl (C=O) groups is 2. The number of nitrogens with zero attached hydrogens (tertiary/aromatic N) is 3. The largest absolute Gasteiger partial charge is 0.354 e. The molecular formula is C11H13FN4O2. The maximum atomic E-state index is 13.3. The van der Waals surface area contributed by atoms with Crippen molar-refractivity contribution in [2.24, 2.45) is 0 Å². The maximum Gasteiger partial charge on any atom is 0.255 e. The van der Waals surface area contributed by atoms with Crippen LogP contribution in [0.25, 0.3) is 0 Å². The van der Waals surface area contributed by atoms with E-state index in [-0.39, 0.29) is 30.1 Å². The van der Waals surface area contributed by atoms with Gasteiger partial charge in [0, 0.05) is 18.4 Å². The van der Waals surface area contributed by atoms with Gasteiger partial charge in [0.2, 0.25) is 5.91 Å². The van der Waals surface area contributed by atoms with Crippen molar-refractivity contribution in [3.8, 4) is 0 Å². The number of nitrogens with one attached hydrogen (secondary N) is 1. The average Bonchev–Trinajstić information content (AvgIpc) is 2.57. The Labute approximate surface area is 103 Å². The normalized spacial score (nSPS) is 19.8. The predicted octanol–water partition coefficient (Wildman–Crippen LogP) is 0.563. The molecule has 0 spiro atoms. The molecule has 1 aromatic rings. The second-order valence-electron chi connectivity index (χ2n) is 4.29. The molecule has 2 heterocycles. The van der Waals surface area contributed by atoms with Gasteiger partial charge in [-0.25, -0.2) is 9.97 Å². The van der Waals surface area contributed by atoms with Gasteiger partial charge in [0.1, 0.15) is 6.04 Å². The highest BCUT2D eigenvalue weighted by Crippen LogP contribution is 2.19. The number of hydrogen-bond donors (Lipinski definition) is 1. The summed E-state index contributed by atoms with van der Waals surface area (Å²) in [4.78, 5) is 31.9. The van der Waals surface area contributed by atoms with E-state index in [4.69, 9.17) is 0 Å². The standard InChI is InChI=1S/C11H13FN4O2/c1-6(2)16-8(17)5-7(11(16)18)15-10-9(12)13-3-4-14-10/h3-4,6-7H,5H2,1-2H3,(H,14,15). The van der Waals surface area contributed by atoms with Gasteiger partial charge in [-0.3, -0.25) is 14.5 Å². The molecule has 0 aliphatic carbocycles. The molecule has 1 aliphatic heterocycles. The van der Waals surface area contributed by atoms with E-state index in [0.717, 1.165) is 0 Å². The van der Waals surface area contributed by atoms with Gasteiger partial charge in [-0.2, -0.15) is 4.39 Å². The first-order chi connectivity index (χ1) is 8.50. The highest BCUT2D eigenvalue weighted by atomic mass is 19.1. The molecule has 1 N–H and O–H groups in total. The second-order valence-corrected chi connectivity index (χ2v) is 4.29. The van der Waals surface area contributed by atoms with Gasteiger partial charge in [-0.1, -0.05) is 0 Å². The molecule has 2 amide bonds. The molecule has 1 saturated heterocycles. The van der Waals surface area contributed by atoms with E-state index in [1.165, 1.54) is 17.3 Å². The smallest absolute Gasteiger partial charge is 0.255 e. The zero-order valence-electron chi connectivity index (χ0n) is 10.1. The average molecular weight is 252 g/mol. The van der Waals surface area contributed by atoms with Crippen LogP contribution in [-0.4, -0.2) is 38.8 Å². The summed E-state index contributed by atoms with van der Waals surface area (Å²) in [5.74, 6) is -1.54. The zero-order chi connectivity index (χ0) is 13.3. The Hall–Kier alpha value is -2.05. The minimum atomic E-state index is -0.791. The van der Waals surface area contributed by atoms with Gasteiger partial charge in [0.05, 0.1) is 6.42 Å². The summed E-state index contributed by atoms with van der Waals surface area (Å²) in [6.45, 7) is 3.50. The number of halogens is 1. The topological polar surface area (TPSA) is 75.2 Å². The molecule has 7 heteroatoms. The number of imide groups is 1. The third kappa shape index (κ3) is 2.15. The fraction of sp³-hybridized carbons (Fsp3) is 0.455. The molecule has 0 bridgehead atoms. The van der Waals surface area contributed by atoms with Crippen LogP contribution < -0.4 is 5.32 Å². The van der Waals surface area contributed by atoms with Crippen molar-refractivity contribution in [1.82, 2.24) is 14.9 Å². The number of anilines is 1. The van der Waals surface area contributed by atoms with Crippen LogP contribution in [0.4, 0.5) is 10.2 Å². The number of carbonyl (C=O) groups excluding carboxylic acids is 2. The first-order valence-corrected chi connectivity index (χ1v) is 5.59. The Bertz CT molecular complexity index is 492. The molecule has 1 unspecified atom stereocenters. The molecule has 0 radical (unpaired) electrons. The van der Waals surface area contributed by atoms with Crippen molar-refractivity contribution in [2.75, 3.05) is 5.32 Å². The van der Waals surface area contributed by atoms with E-state index in [9.17, 15) is 14.0 Å². The Kier molecular flexibility index (Phi) is 3.22. The van der Waals surface area contributed by atoms with Crippen LogP contribution >= 0.6 is 0 Å². The van der Waals surface area contributed by atoms with Crippen molar-refractivity contribution in [1.29, 1.82) is 0 Å². The molecule has 1 aromatic heterocycles. The number of rotatable bonds is 3. The van der Waals surface area contributed by atoms with Crippen LogP contribution in [0.1, 0.15) is 20.3 Å². The van der Waals surface area contributed by atoms with E-state index >= 15 is 0 Å². The first-order valence-electron chi connectivity index (χ1n) is 5.59. The molecule has 0 aromatic carbocycles. The van der Waals surface area contributed by atoms with E-state index in [1.807, 2.05) is 0 Å². The van der Waals surface area contributed by atoms with Crippen LogP contribution in [-0.2, 0) is 9.59 Å². The summed E-state index contributed by atoms with van der Waals surface area (Å²) in [6, 6.07) is -0.977. The minimum absolute atomic E-state index is 0.00697. The maximum absolute atomic E-state index is 13.3. The lowest BCUT2D eigenvalue weighted by atomic mass is 10.2. The van der Waals surface area contributed by atoms with Crippen molar-refractivity contribution in [2.45, 2.75) is 32.4 Å². The van der Waals surface area contributed by atoms with Gasteiger partial charge in [-0.05, 0) is 13.8 Å². The van der Waals surface area contributed by atoms with E-state index in [0.29, 0.717) is 0 Å². The Morgan fingerprint density at radius 3 is 2.61 bits per heavy atom. The lowest BCUT2D eigenvalue weighted by Crippen LogP contribution is -2.39. The molecule has 0 saturated carbocycles. The molecule has 1 atom stereocenters. The quantitative estimate of drug-likeness (QED) is 0.796. The molecule has 18 heavy (non-hydrogen) atoms. The van der Waals surface area contributed by atoms with Crippen LogP contribution in [0.2, 0.25) is 0 Å². The SMILES string of the molecule is CC(C)N1C(=O)CC(Nc2nccnc2F)C1=O. The molecule has 6 nitrogen and oxygen atoms in total. The number of aromatic nitrogens is 2. The van der Waals surface area contributed by atoms with Crippen LogP contribution in [0.3, 0.4) is 0 Å². The van der Waals surface area contributed by atoms with Crippen LogP contribution in [0.5, 0.6) is 0 Å². The third-order valence-corrected chi connectivity index (χ3v) is 2.66. The fourth-order valence-corrected chi connectivity index (χ4v) is 1.89. The Morgan fingerprint density at radius 2 is 2.06 bits per heavy atom. The van der Waals surface area contributed by atoms with Gasteiger partial charge in [0.25, 0.3) is 11.9 Å². The van der Waals surface area contributed by atoms with Crippen molar-refractivity contribution in [3.05, 3.63) is 18.3 Å². The summed E-state index contributed by atoms with van der Waals surface area (Å²) >= 11 is 0. The summed E-state index contributed by atoms with van der Waals surface area (Å²) in [6.07, 6.45) is 2.53. The molecule has 2 rings (SSSR count). The number of amides is 2. The number of likely N-dealkylation sites (tertiary alicyclic amines) is 1. The minimum Gasteiger partial charge on any atom is -0.354 e. The molecule has 1 fully saturated rings. The second kappa shape index (κ2) is 4.67. The van der Waals surface area contributed by atoms with Gasteiger partial charge in [-0.15, -0.1) is 0 Å². The molecule has 96 valence electrons. The highest BCUT2D eigenvalue weighted by molar-refractivity contribution is 6.07. The lowest BCUT2D eigenvalue weighted by Gasteiger charge is -2.19. The van der Waals surface area contributed by atoms with Crippen molar-refractivity contribution < 1.29 is 14.0 Å². The fourth-order valence-electron chi connectivity index (χ4n) is 1.89.